The number of carbonyl (C=O) groups excluding carboxylic acids is 1. The van der Waals surface area contributed by atoms with E-state index in [9.17, 15) is 9.59 Å². The van der Waals surface area contributed by atoms with Gasteiger partial charge in [-0.1, -0.05) is 0 Å². The molecular formula is C16H23NO6. The van der Waals surface area contributed by atoms with Crippen LogP contribution in [0.25, 0.3) is 0 Å². The fourth-order valence-electron chi connectivity index (χ4n) is 1.90. The van der Waals surface area contributed by atoms with Crippen molar-refractivity contribution in [2.24, 2.45) is 0 Å². The third-order valence-electron chi connectivity index (χ3n) is 2.80. The predicted molar refractivity (Wildman–Crippen MR) is 84.5 cm³/mol. The molecule has 0 saturated carbocycles. The highest BCUT2D eigenvalue weighted by Gasteiger charge is 2.18. The normalized spacial score (nSPS) is 10.0. The Balaban J connectivity index is 3.06. The van der Waals surface area contributed by atoms with E-state index in [1.54, 1.807) is 12.1 Å². The molecule has 1 aromatic carbocycles. The molecule has 0 aliphatic carbocycles. The third kappa shape index (κ3) is 5.69. The highest BCUT2D eigenvalue weighted by atomic mass is 16.5. The van der Waals surface area contributed by atoms with Crippen molar-refractivity contribution in [1.82, 2.24) is 5.32 Å². The van der Waals surface area contributed by atoms with E-state index < -0.39 is 11.9 Å². The maximum absolute atomic E-state index is 12.2. The number of ether oxygens (including phenoxy) is 3. The monoisotopic (exact) mass is 325 g/mol. The van der Waals surface area contributed by atoms with Crippen molar-refractivity contribution in [2.75, 3.05) is 26.4 Å². The van der Waals surface area contributed by atoms with E-state index in [1.807, 2.05) is 20.8 Å². The molecule has 0 atom stereocenters. The average Bonchev–Trinajstić information content (AvgIpc) is 2.50. The number of carbonyl (C=O) groups is 2. The number of rotatable bonds is 10. The minimum absolute atomic E-state index is 0.0509. The number of hydrogen-bond acceptors (Lipinski definition) is 5. The van der Waals surface area contributed by atoms with Crippen molar-refractivity contribution >= 4 is 11.9 Å². The second kappa shape index (κ2) is 9.55. The van der Waals surface area contributed by atoms with Gasteiger partial charge in [0.05, 0.1) is 26.2 Å². The van der Waals surface area contributed by atoms with Crippen LogP contribution in [0, 0.1) is 0 Å². The Kier molecular flexibility index (Phi) is 7.73. The number of benzene rings is 1. The molecule has 7 nitrogen and oxygen atoms in total. The van der Waals surface area contributed by atoms with Gasteiger partial charge in [-0.25, -0.2) is 0 Å². The fourth-order valence-corrected chi connectivity index (χ4v) is 1.90. The molecule has 1 amide bonds. The number of carboxylic acids is 1. The summed E-state index contributed by atoms with van der Waals surface area (Å²) in [4.78, 5) is 22.7. The zero-order valence-corrected chi connectivity index (χ0v) is 13.7. The van der Waals surface area contributed by atoms with Crippen molar-refractivity contribution < 1.29 is 28.9 Å². The van der Waals surface area contributed by atoms with Crippen LogP contribution >= 0.6 is 0 Å². The molecule has 23 heavy (non-hydrogen) atoms. The van der Waals surface area contributed by atoms with Crippen molar-refractivity contribution in [2.45, 2.75) is 27.2 Å². The molecule has 7 heteroatoms. The maximum atomic E-state index is 12.2. The molecule has 0 bridgehead atoms. The summed E-state index contributed by atoms with van der Waals surface area (Å²) in [6, 6.07) is 3.13. The number of carboxylic acid groups (broad SMARTS) is 1. The molecule has 128 valence electrons. The Hall–Kier alpha value is -2.44. The Morgan fingerprint density at radius 2 is 1.52 bits per heavy atom. The van der Waals surface area contributed by atoms with Crippen LogP contribution in [0.3, 0.4) is 0 Å². The summed E-state index contributed by atoms with van der Waals surface area (Å²) in [5, 5.41) is 11.2. The minimum Gasteiger partial charge on any atom is -0.490 e. The standard InChI is InChI=1S/C16H23NO6/c1-4-21-12-9-11(16(20)17-8-7-14(18)19)10-13(22-5-2)15(12)23-6-3/h9-10H,4-8H2,1-3H3,(H,17,20)(H,18,19). The summed E-state index contributed by atoms with van der Waals surface area (Å²) in [5.74, 6) is -0.0659. The van der Waals surface area contributed by atoms with Crippen LogP contribution in [-0.2, 0) is 4.79 Å². The topological polar surface area (TPSA) is 94.1 Å². The van der Waals surface area contributed by atoms with E-state index in [4.69, 9.17) is 19.3 Å². The van der Waals surface area contributed by atoms with Gasteiger partial charge in [0, 0.05) is 12.1 Å². The van der Waals surface area contributed by atoms with Gasteiger partial charge in [-0.3, -0.25) is 9.59 Å². The Morgan fingerprint density at radius 1 is 1.00 bits per heavy atom. The second-order valence-corrected chi connectivity index (χ2v) is 4.50. The summed E-state index contributed by atoms with van der Waals surface area (Å²) in [5.41, 5.74) is 0.325. The molecule has 0 aliphatic heterocycles. The average molecular weight is 325 g/mol. The third-order valence-corrected chi connectivity index (χ3v) is 2.80. The van der Waals surface area contributed by atoms with E-state index in [0.29, 0.717) is 42.6 Å². The van der Waals surface area contributed by atoms with Gasteiger partial charge in [-0.05, 0) is 32.9 Å². The highest BCUT2D eigenvalue weighted by molar-refractivity contribution is 5.95. The zero-order valence-electron chi connectivity index (χ0n) is 13.7. The van der Waals surface area contributed by atoms with Crippen molar-refractivity contribution in [1.29, 1.82) is 0 Å². The smallest absolute Gasteiger partial charge is 0.305 e. The summed E-state index contributed by atoms with van der Waals surface area (Å²) in [7, 11) is 0. The summed E-state index contributed by atoms with van der Waals surface area (Å²) in [6.45, 7) is 6.81. The fraction of sp³-hybridized carbons (Fsp3) is 0.500. The van der Waals surface area contributed by atoms with Gasteiger partial charge in [-0.2, -0.15) is 0 Å². The largest absolute Gasteiger partial charge is 0.490 e. The van der Waals surface area contributed by atoms with Crippen molar-refractivity contribution in [3.8, 4) is 17.2 Å². The van der Waals surface area contributed by atoms with Crippen LogP contribution in [0.5, 0.6) is 17.2 Å². The molecule has 0 saturated heterocycles. The van der Waals surface area contributed by atoms with Crippen LogP contribution in [0.1, 0.15) is 37.6 Å². The molecule has 0 aromatic heterocycles. The van der Waals surface area contributed by atoms with E-state index in [-0.39, 0.29) is 13.0 Å². The Morgan fingerprint density at radius 3 is 1.96 bits per heavy atom. The van der Waals surface area contributed by atoms with E-state index in [2.05, 4.69) is 5.32 Å². The maximum Gasteiger partial charge on any atom is 0.305 e. The van der Waals surface area contributed by atoms with Gasteiger partial charge in [0.1, 0.15) is 0 Å². The molecule has 0 aliphatic rings. The molecule has 0 unspecified atom stereocenters. The summed E-state index contributed by atoms with van der Waals surface area (Å²) < 4.78 is 16.6. The highest BCUT2D eigenvalue weighted by Crippen LogP contribution is 2.39. The van der Waals surface area contributed by atoms with Crippen LogP contribution < -0.4 is 19.5 Å². The summed E-state index contributed by atoms with van der Waals surface area (Å²) in [6.07, 6.45) is -0.139. The second-order valence-electron chi connectivity index (χ2n) is 4.50. The quantitative estimate of drug-likeness (QED) is 0.684. The van der Waals surface area contributed by atoms with Crippen molar-refractivity contribution in [3.63, 3.8) is 0 Å². The first-order valence-electron chi connectivity index (χ1n) is 7.59. The van der Waals surface area contributed by atoms with Gasteiger partial charge in [-0.15, -0.1) is 0 Å². The van der Waals surface area contributed by atoms with Crippen LogP contribution in [0.2, 0.25) is 0 Å². The minimum atomic E-state index is -0.970. The van der Waals surface area contributed by atoms with Crippen LogP contribution in [0.4, 0.5) is 0 Å². The lowest BCUT2D eigenvalue weighted by Crippen LogP contribution is -2.26. The molecule has 0 radical (unpaired) electrons. The van der Waals surface area contributed by atoms with E-state index >= 15 is 0 Å². The van der Waals surface area contributed by atoms with Gasteiger partial charge >= 0.3 is 5.97 Å². The molecule has 0 fully saturated rings. The Bertz CT molecular complexity index is 516. The van der Waals surface area contributed by atoms with Crippen molar-refractivity contribution in [3.05, 3.63) is 17.7 Å². The van der Waals surface area contributed by atoms with E-state index in [0.717, 1.165) is 0 Å². The Labute approximate surface area is 135 Å². The first-order valence-corrected chi connectivity index (χ1v) is 7.59. The zero-order chi connectivity index (χ0) is 17.2. The number of amides is 1. The van der Waals surface area contributed by atoms with Gasteiger partial charge < -0.3 is 24.6 Å². The molecule has 1 rings (SSSR count). The van der Waals surface area contributed by atoms with Gasteiger partial charge in [0.2, 0.25) is 5.75 Å². The van der Waals surface area contributed by atoms with E-state index in [1.165, 1.54) is 0 Å². The number of aliphatic carboxylic acids is 1. The van der Waals surface area contributed by atoms with Crippen LogP contribution in [0.15, 0.2) is 12.1 Å². The summed E-state index contributed by atoms with van der Waals surface area (Å²) >= 11 is 0. The predicted octanol–water partition coefficient (Wildman–Crippen LogP) is 2.09. The first kappa shape index (κ1) is 18.6. The molecule has 2 N–H and O–H groups in total. The van der Waals surface area contributed by atoms with Gasteiger partial charge in [0.15, 0.2) is 11.5 Å². The molecule has 1 aromatic rings. The first-order chi connectivity index (χ1) is 11.0. The lowest BCUT2D eigenvalue weighted by molar-refractivity contribution is -0.136. The van der Waals surface area contributed by atoms with Gasteiger partial charge in [0.25, 0.3) is 5.91 Å². The number of hydrogen-bond donors (Lipinski definition) is 2. The number of nitrogens with one attached hydrogen (secondary N) is 1. The molecule has 0 heterocycles. The van der Waals surface area contributed by atoms with Crippen LogP contribution in [-0.4, -0.2) is 43.3 Å². The molecular weight excluding hydrogens is 302 g/mol. The lowest BCUT2D eigenvalue weighted by Gasteiger charge is -2.17. The lowest BCUT2D eigenvalue weighted by atomic mass is 10.1. The SMILES string of the molecule is CCOc1cc(C(=O)NCCC(=O)O)cc(OCC)c1OCC. The molecule has 0 spiro atoms.